The van der Waals surface area contributed by atoms with Crippen molar-refractivity contribution in [3.63, 3.8) is 0 Å². The summed E-state index contributed by atoms with van der Waals surface area (Å²) in [5.74, 6) is 2.15. The van der Waals surface area contributed by atoms with Crippen molar-refractivity contribution in [3.8, 4) is 5.75 Å². The molecule has 1 aromatic carbocycles. The Morgan fingerprint density at radius 2 is 1.85 bits per heavy atom. The van der Waals surface area contributed by atoms with Crippen LogP contribution in [0.4, 0.5) is 0 Å². The third-order valence-electron chi connectivity index (χ3n) is 9.35. The zero-order valence-corrected chi connectivity index (χ0v) is 31.3. The summed E-state index contributed by atoms with van der Waals surface area (Å²) in [4.78, 5) is 52.7. The molecule has 6 atom stereocenters. The van der Waals surface area contributed by atoms with Crippen molar-refractivity contribution in [1.29, 1.82) is 0 Å². The van der Waals surface area contributed by atoms with Crippen molar-refractivity contribution in [2.24, 2.45) is 28.9 Å². The van der Waals surface area contributed by atoms with Gasteiger partial charge in [0.1, 0.15) is 23.8 Å². The summed E-state index contributed by atoms with van der Waals surface area (Å²) < 4.78 is 16.6. The van der Waals surface area contributed by atoms with Gasteiger partial charge in [0.05, 0.1) is 24.2 Å². The molecule has 1 saturated carbocycles. The average Bonchev–Trinajstić information content (AvgIpc) is 3.39. The van der Waals surface area contributed by atoms with Crippen LogP contribution in [-0.4, -0.2) is 86.5 Å². The van der Waals surface area contributed by atoms with Crippen LogP contribution in [0, 0.1) is 23.2 Å². The number of nitrogens with zero attached hydrogens (tertiary/aromatic N) is 2. The number of nitrogens with one attached hydrogen (secondary N) is 1. The number of amides is 1. The van der Waals surface area contributed by atoms with Gasteiger partial charge in [-0.2, -0.15) is 0 Å². The number of likely N-dealkylation sites (N-methyl/N-ethyl adjacent to an activating group) is 1. The molecule has 4 rings (SSSR count). The van der Waals surface area contributed by atoms with Gasteiger partial charge in [-0.05, 0) is 81.0 Å². The van der Waals surface area contributed by atoms with Crippen LogP contribution in [0.25, 0.3) is 11.0 Å². The van der Waals surface area contributed by atoms with E-state index in [1.54, 1.807) is 20.3 Å². The first-order chi connectivity index (χ1) is 22.4. The predicted molar refractivity (Wildman–Crippen MR) is 184 cm³/mol. The number of nitrogens with two attached hydrogens (primary N) is 1. The molecule has 0 bridgehead atoms. The minimum atomic E-state index is -0.360. The molecule has 269 valence electrons. The molecule has 3 N–H and O–H groups in total. The van der Waals surface area contributed by atoms with E-state index >= 15 is 0 Å². The van der Waals surface area contributed by atoms with E-state index in [1.807, 2.05) is 30.4 Å². The molecule has 1 aliphatic heterocycles. The van der Waals surface area contributed by atoms with Gasteiger partial charge >= 0.3 is 0 Å². The fourth-order valence-corrected chi connectivity index (χ4v) is 6.55. The minimum absolute atomic E-state index is 0. The molecule has 1 radical (unpaired) electrons. The molecule has 3 unspecified atom stereocenters. The summed E-state index contributed by atoms with van der Waals surface area (Å²) in [6, 6.07) is 5.49. The number of ether oxygens (including phenoxy) is 3. The van der Waals surface area contributed by atoms with E-state index in [1.165, 1.54) is 12.8 Å². The van der Waals surface area contributed by atoms with Gasteiger partial charge in [-0.1, -0.05) is 59.4 Å². The molecule has 2 heterocycles. The molecular formula is C36H57N4O7V-. The van der Waals surface area contributed by atoms with Crippen molar-refractivity contribution in [1.82, 2.24) is 14.9 Å². The van der Waals surface area contributed by atoms with Crippen LogP contribution in [0.3, 0.4) is 0 Å². The van der Waals surface area contributed by atoms with Gasteiger partial charge in [-0.25, -0.2) is 11.3 Å². The number of aldehydes is 1. The first kappa shape index (κ1) is 43.5. The van der Waals surface area contributed by atoms with Gasteiger partial charge in [-0.3, -0.25) is 9.59 Å². The van der Waals surface area contributed by atoms with Crippen molar-refractivity contribution in [2.45, 2.75) is 104 Å². The Kier molecular flexibility index (Phi) is 20.1. The zero-order chi connectivity index (χ0) is 35.0. The van der Waals surface area contributed by atoms with E-state index in [9.17, 15) is 14.4 Å². The van der Waals surface area contributed by atoms with Gasteiger partial charge in [0, 0.05) is 38.3 Å². The van der Waals surface area contributed by atoms with Crippen molar-refractivity contribution in [2.75, 3.05) is 34.4 Å². The average molecular weight is 709 g/mol. The summed E-state index contributed by atoms with van der Waals surface area (Å²) in [7, 11) is 5.22. The second-order valence-corrected chi connectivity index (χ2v) is 13.8. The number of likely N-dealkylation sites (tertiary alicyclic amines) is 1. The number of primary amides is 1. The summed E-state index contributed by atoms with van der Waals surface area (Å²) in [5.41, 5.74) is 5.94. The molecule has 1 saturated heterocycles. The van der Waals surface area contributed by atoms with Crippen LogP contribution < -0.4 is 16.0 Å². The minimum Gasteiger partial charge on any atom is -0.540 e. The number of H-pyrrole nitrogens is 1. The van der Waals surface area contributed by atoms with Gasteiger partial charge in [0.25, 0.3) is 5.56 Å². The molecular weight excluding hydrogens is 651 g/mol. The molecule has 1 aliphatic carbocycles. The van der Waals surface area contributed by atoms with E-state index in [2.05, 4.69) is 43.4 Å². The monoisotopic (exact) mass is 708 g/mol. The topological polar surface area (TPSA) is 154 Å². The fourth-order valence-electron chi connectivity index (χ4n) is 6.55. The molecule has 12 heteroatoms. The third-order valence-corrected chi connectivity index (χ3v) is 9.35. The van der Waals surface area contributed by atoms with E-state index in [0.29, 0.717) is 47.7 Å². The van der Waals surface area contributed by atoms with E-state index in [4.69, 9.17) is 19.0 Å². The van der Waals surface area contributed by atoms with Crippen LogP contribution in [0.1, 0.15) is 84.8 Å². The number of hydrogen-bond acceptors (Lipinski definition) is 9. The summed E-state index contributed by atoms with van der Waals surface area (Å²) in [6.45, 7) is 10.2. The predicted octanol–water partition coefficient (Wildman–Crippen LogP) is 4.63. The Morgan fingerprint density at radius 1 is 1.15 bits per heavy atom. The number of benzene rings is 1. The number of carbonyl (C=O) groups is 2. The number of unbranched alkanes of at least 4 members (excludes halogenated alkanes) is 2. The fraction of sp³-hybridized carbons (Fsp3) is 0.694. The number of methoxy groups -OCH3 is 2. The Balaban J connectivity index is 0.000000642. The van der Waals surface area contributed by atoms with Gasteiger partial charge in [0.15, 0.2) is 0 Å². The number of fused-ring (bicyclic) bond motifs is 1. The van der Waals surface area contributed by atoms with Crippen LogP contribution in [0.15, 0.2) is 23.0 Å². The second kappa shape index (κ2) is 22.2. The number of aryl methyl sites for hydroxylation is 1. The van der Waals surface area contributed by atoms with E-state index in [0.717, 1.165) is 56.9 Å². The van der Waals surface area contributed by atoms with Gasteiger partial charge in [0.2, 0.25) is 6.41 Å². The first-order valence-corrected chi connectivity index (χ1v) is 16.8. The first-order valence-electron chi connectivity index (χ1n) is 16.8. The normalized spacial score (nSPS) is 23.0. The van der Waals surface area contributed by atoms with Gasteiger partial charge < -0.3 is 39.4 Å². The maximum atomic E-state index is 12.4. The summed E-state index contributed by atoms with van der Waals surface area (Å²) >= 11 is 0. The number of rotatable bonds is 13. The smallest absolute Gasteiger partial charge is 0.270 e. The van der Waals surface area contributed by atoms with Crippen molar-refractivity contribution < 1.29 is 47.1 Å². The Hall–Kier alpha value is -2.57. The maximum Gasteiger partial charge on any atom is 0.270 e. The number of aromatic amines is 1. The Morgan fingerprint density at radius 3 is 2.46 bits per heavy atom. The number of hydrogen-bond donors (Lipinski definition) is 2. The molecule has 1 amide bonds. The summed E-state index contributed by atoms with van der Waals surface area (Å²) in [5, 5.41) is 0. The zero-order valence-electron chi connectivity index (χ0n) is 29.9. The van der Waals surface area contributed by atoms with Crippen LogP contribution in [0.5, 0.6) is 5.75 Å². The standard InChI is InChI=1S/C27H40N2O4.C8H14NO2.CH3NO.V/c1-18-10-9-13-24(33-25(17-30)27(2,3)4)20(18)11-7-6-8-12-22-26(31)29-23-16-19(32-5)14-15-21(23)28-22;1-9-4-3-7(6-11-2)8(9)5-10;2-1-3;/h14-18,20,24-25H,6-13H2,1-5H3,(H,29,31);7-8H,3-4,6H2,1-2H3;1H,(H2,2,3);/q;-1;;/t18-,20?,24+,25+;;;/m0.../s1. The number of carbonyl (C=O) groups excluding carboxylic acids is 3. The van der Waals surface area contributed by atoms with E-state index in [-0.39, 0.29) is 54.2 Å². The molecule has 48 heavy (non-hydrogen) atoms. The molecule has 2 aliphatic rings. The van der Waals surface area contributed by atoms with Crippen LogP contribution in [0.2, 0.25) is 0 Å². The van der Waals surface area contributed by atoms with Crippen LogP contribution >= 0.6 is 0 Å². The quantitative estimate of drug-likeness (QED) is 0.172. The molecule has 0 spiro atoms. The van der Waals surface area contributed by atoms with Crippen LogP contribution in [-0.2, 0) is 48.8 Å². The maximum absolute atomic E-state index is 12.4. The second-order valence-electron chi connectivity index (χ2n) is 13.8. The SMILES string of the molecule is COCC1CCN(C)C1[C-]=O.COc1ccc2nc(CCCCCC3[C@@H](C)CCC[C@H]3O[C@H](C=O)C(C)(C)C)c(=O)[nH]c2c1.NC=O.[V]. The molecule has 2 fully saturated rings. The van der Waals surface area contributed by atoms with Crippen molar-refractivity contribution >= 4 is 30.0 Å². The largest absolute Gasteiger partial charge is 0.540 e. The Bertz CT molecular complexity index is 1300. The van der Waals surface area contributed by atoms with E-state index < -0.39 is 0 Å². The van der Waals surface area contributed by atoms with Gasteiger partial charge in [-0.15, -0.1) is 0 Å². The third kappa shape index (κ3) is 13.4. The Labute approximate surface area is 298 Å². The van der Waals surface area contributed by atoms with Crippen molar-refractivity contribution in [3.05, 3.63) is 34.2 Å². The molecule has 11 nitrogen and oxygen atoms in total. The molecule has 1 aromatic heterocycles. The summed E-state index contributed by atoms with van der Waals surface area (Å²) in [6.07, 6.45) is 12.4. The molecule has 2 aromatic rings. The number of aromatic nitrogens is 2.